The molecule has 2 aliphatic rings. The third-order valence-electron chi connectivity index (χ3n) is 7.12. The number of ether oxygens (including phenoxy) is 3. The van der Waals surface area contributed by atoms with Crippen LogP contribution in [-0.4, -0.2) is 50.5 Å². The maximum absolute atomic E-state index is 12.6. The van der Waals surface area contributed by atoms with Gasteiger partial charge >= 0.3 is 12.1 Å². The second-order valence-electron chi connectivity index (χ2n) is 10.2. The summed E-state index contributed by atoms with van der Waals surface area (Å²) in [5.41, 5.74) is 4.33. The van der Waals surface area contributed by atoms with Crippen LogP contribution in [0.5, 0.6) is 0 Å². The molecule has 0 spiro atoms. The Balaban J connectivity index is 1.12. The van der Waals surface area contributed by atoms with E-state index in [0.29, 0.717) is 13.2 Å². The van der Waals surface area contributed by atoms with Crippen LogP contribution in [0.1, 0.15) is 36.5 Å². The molecule has 1 aliphatic carbocycles. The largest absolute Gasteiger partial charge is 0.454 e. The van der Waals surface area contributed by atoms with E-state index >= 15 is 0 Å². The molecule has 7 heteroatoms. The zero-order valence-electron chi connectivity index (χ0n) is 21.2. The Kier molecular flexibility index (Phi) is 7.00. The summed E-state index contributed by atoms with van der Waals surface area (Å²) in [4.78, 5) is 25.2. The number of esters is 1. The van der Waals surface area contributed by atoms with Gasteiger partial charge in [-0.3, -0.25) is 10.1 Å². The summed E-state index contributed by atoms with van der Waals surface area (Å²) in [5, 5.41) is 6.05. The van der Waals surface area contributed by atoms with E-state index in [1.807, 2.05) is 68.4 Å². The van der Waals surface area contributed by atoms with Gasteiger partial charge in [-0.2, -0.15) is 0 Å². The van der Waals surface area contributed by atoms with E-state index < -0.39 is 17.2 Å². The van der Waals surface area contributed by atoms with Crippen molar-refractivity contribution in [2.24, 2.45) is 0 Å². The topological polar surface area (TPSA) is 85.9 Å². The summed E-state index contributed by atoms with van der Waals surface area (Å²) in [6.45, 7) is 5.02. The zero-order chi connectivity index (χ0) is 25.9. The second kappa shape index (κ2) is 10.4. The highest BCUT2D eigenvalue weighted by molar-refractivity contribution is 5.79. The third-order valence-corrected chi connectivity index (χ3v) is 7.12. The lowest BCUT2D eigenvalue weighted by Gasteiger charge is -2.42. The number of carbonyl (C=O) groups is 2. The van der Waals surface area contributed by atoms with Crippen LogP contribution in [0.2, 0.25) is 0 Å². The average molecular weight is 501 g/mol. The van der Waals surface area contributed by atoms with Gasteiger partial charge in [0.15, 0.2) is 0 Å². The normalized spacial score (nSPS) is 15.7. The molecule has 1 heterocycles. The van der Waals surface area contributed by atoms with E-state index in [4.69, 9.17) is 14.2 Å². The Morgan fingerprint density at radius 2 is 1.51 bits per heavy atom. The van der Waals surface area contributed by atoms with Gasteiger partial charge in [0.05, 0.1) is 25.3 Å². The van der Waals surface area contributed by atoms with Gasteiger partial charge in [0.2, 0.25) is 0 Å². The smallest absolute Gasteiger partial charge is 0.407 e. The molecule has 0 aromatic heterocycles. The van der Waals surface area contributed by atoms with Gasteiger partial charge in [-0.1, -0.05) is 78.9 Å². The number of hydrogen-bond donors (Lipinski definition) is 2. The van der Waals surface area contributed by atoms with Crippen molar-refractivity contribution in [3.63, 3.8) is 0 Å². The molecule has 0 radical (unpaired) electrons. The lowest BCUT2D eigenvalue weighted by molar-refractivity contribution is -0.158. The minimum Gasteiger partial charge on any atom is -0.454 e. The fourth-order valence-electron chi connectivity index (χ4n) is 4.98. The Morgan fingerprint density at radius 3 is 2.11 bits per heavy atom. The Morgan fingerprint density at radius 1 is 0.919 bits per heavy atom. The fourth-order valence-corrected chi connectivity index (χ4v) is 4.98. The first-order valence-electron chi connectivity index (χ1n) is 12.6. The third kappa shape index (κ3) is 5.38. The number of benzene rings is 3. The Bertz CT molecular complexity index is 1220. The summed E-state index contributed by atoms with van der Waals surface area (Å²) < 4.78 is 16.7. The van der Waals surface area contributed by atoms with E-state index in [0.717, 1.165) is 5.56 Å². The van der Waals surface area contributed by atoms with Crippen LogP contribution in [0.3, 0.4) is 0 Å². The molecule has 1 amide bonds. The molecule has 1 aliphatic heterocycles. The molecule has 0 bridgehead atoms. The lowest BCUT2D eigenvalue weighted by Crippen LogP contribution is -2.66. The minimum atomic E-state index is -0.747. The number of carbonyl (C=O) groups excluding carboxylic acids is 2. The quantitative estimate of drug-likeness (QED) is 0.425. The van der Waals surface area contributed by atoms with Crippen molar-refractivity contribution < 1.29 is 23.8 Å². The molecule has 37 heavy (non-hydrogen) atoms. The Labute approximate surface area is 217 Å². The van der Waals surface area contributed by atoms with Crippen molar-refractivity contribution in [1.82, 2.24) is 10.6 Å². The van der Waals surface area contributed by atoms with Gasteiger partial charge < -0.3 is 19.5 Å². The van der Waals surface area contributed by atoms with E-state index in [-0.39, 0.29) is 31.6 Å². The zero-order valence-corrected chi connectivity index (χ0v) is 21.2. The summed E-state index contributed by atoms with van der Waals surface area (Å²) in [7, 11) is 0. The van der Waals surface area contributed by atoms with Crippen LogP contribution in [0, 0.1) is 0 Å². The molecule has 3 aromatic rings. The van der Waals surface area contributed by atoms with Crippen molar-refractivity contribution >= 4 is 12.1 Å². The van der Waals surface area contributed by atoms with Crippen molar-refractivity contribution in [3.8, 4) is 11.1 Å². The van der Waals surface area contributed by atoms with E-state index in [1.54, 1.807) is 0 Å². The van der Waals surface area contributed by atoms with Gasteiger partial charge in [-0.05, 0) is 41.7 Å². The predicted molar refractivity (Wildman–Crippen MR) is 140 cm³/mol. The summed E-state index contributed by atoms with van der Waals surface area (Å²) in [5.74, 6) is -0.374. The molecule has 0 saturated carbocycles. The molecule has 2 N–H and O–H groups in total. The van der Waals surface area contributed by atoms with Crippen molar-refractivity contribution in [2.75, 3.05) is 32.9 Å². The van der Waals surface area contributed by atoms with Crippen LogP contribution < -0.4 is 10.6 Å². The van der Waals surface area contributed by atoms with E-state index in [9.17, 15) is 9.59 Å². The first kappa shape index (κ1) is 25.0. The fraction of sp³-hybridized carbons (Fsp3) is 0.333. The average Bonchev–Trinajstić information content (AvgIpc) is 3.20. The molecule has 5 rings (SSSR count). The minimum absolute atomic E-state index is 0.00000967. The van der Waals surface area contributed by atoms with Crippen LogP contribution in [0.25, 0.3) is 11.1 Å². The van der Waals surface area contributed by atoms with Crippen LogP contribution in [0.15, 0.2) is 78.9 Å². The van der Waals surface area contributed by atoms with Crippen LogP contribution in [0.4, 0.5) is 4.79 Å². The number of rotatable bonds is 9. The molecule has 1 saturated heterocycles. The number of hydrogen-bond acceptors (Lipinski definition) is 6. The Hall–Kier alpha value is -3.68. The highest BCUT2D eigenvalue weighted by Gasteiger charge is 2.40. The van der Waals surface area contributed by atoms with Crippen molar-refractivity contribution in [2.45, 2.75) is 30.9 Å². The summed E-state index contributed by atoms with van der Waals surface area (Å²) >= 11 is 0. The molecular weight excluding hydrogens is 468 g/mol. The molecular formula is C30H32N2O5. The SMILES string of the molecule is CC(C)(OC(=O)CNC1(CNC(=O)OCC2c3ccccc3-c3ccccc32)COC1)c1ccccc1. The molecule has 0 unspecified atom stereocenters. The number of amides is 1. The molecule has 7 nitrogen and oxygen atoms in total. The molecule has 192 valence electrons. The number of alkyl carbamates (subject to hydrolysis) is 1. The maximum Gasteiger partial charge on any atom is 0.407 e. The van der Waals surface area contributed by atoms with Crippen molar-refractivity contribution in [3.05, 3.63) is 95.6 Å². The maximum atomic E-state index is 12.6. The summed E-state index contributed by atoms with van der Waals surface area (Å²) in [6.07, 6.45) is -0.497. The first-order chi connectivity index (χ1) is 17.9. The van der Waals surface area contributed by atoms with E-state index in [1.165, 1.54) is 22.3 Å². The summed E-state index contributed by atoms with van der Waals surface area (Å²) in [6, 6.07) is 26.1. The van der Waals surface area contributed by atoms with Gasteiger partial charge in [-0.15, -0.1) is 0 Å². The molecule has 0 atom stereocenters. The number of fused-ring (bicyclic) bond motifs is 3. The van der Waals surface area contributed by atoms with Gasteiger partial charge in [0.25, 0.3) is 0 Å². The highest BCUT2D eigenvalue weighted by Crippen LogP contribution is 2.44. The van der Waals surface area contributed by atoms with Crippen LogP contribution >= 0.6 is 0 Å². The standard InChI is InChI=1S/C30H32N2O5/c1-29(2,21-10-4-3-5-11-21)37-27(33)16-32-30(19-35-20-30)18-31-28(34)36-17-26-24-14-8-6-12-22(24)23-13-7-9-15-25(23)26/h3-15,26,32H,16-20H2,1-2H3,(H,31,34). The van der Waals surface area contributed by atoms with E-state index in [2.05, 4.69) is 34.9 Å². The molecule has 3 aromatic carbocycles. The van der Waals surface area contributed by atoms with Crippen molar-refractivity contribution in [1.29, 1.82) is 0 Å². The monoisotopic (exact) mass is 500 g/mol. The van der Waals surface area contributed by atoms with Crippen LogP contribution in [-0.2, 0) is 24.6 Å². The second-order valence-corrected chi connectivity index (χ2v) is 10.2. The van der Waals surface area contributed by atoms with Gasteiger partial charge in [0.1, 0.15) is 12.2 Å². The first-order valence-corrected chi connectivity index (χ1v) is 12.6. The molecule has 1 fully saturated rings. The van der Waals surface area contributed by atoms with Gasteiger partial charge in [-0.25, -0.2) is 4.79 Å². The highest BCUT2D eigenvalue weighted by atomic mass is 16.6. The number of nitrogens with one attached hydrogen (secondary N) is 2. The predicted octanol–water partition coefficient (Wildman–Crippen LogP) is 4.36. The van der Waals surface area contributed by atoms with Gasteiger partial charge in [0, 0.05) is 12.5 Å². The lowest BCUT2D eigenvalue weighted by atomic mass is 9.97.